The first-order valence-corrected chi connectivity index (χ1v) is 6.86. The highest BCUT2D eigenvalue weighted by molar-refractivity contribution is 6.33. The molecule has 2 N–H and O–H groups in total. The maximum Gasteiger partial charge on any atom is 0.271 e. The highest BCUT2D eigenvalue weighted by Crippen LogP contribution is 2.19. The Bertz CT molecular complexity index is 420. The largest absolute Gasteiger partial charge is 0.388 e. The molecular formula is C13H20ClN3O2. The molecule has 1 heterocycles. The second-order valence-electron chi connectivity index (χ2n) is 4.63. The number of nitrogens with one attached hydrogen (secondary N) is 1. The van der Waals surface area contributed by atoms with Crippen LogP contribution in [0.25, 0.3) is 0 Å². The third kappa shape index (κ3) is 4.76. The van der Waals surface area contributed by atoms with Crippen LogP contribution in [0.3, 0.4) is 0 Å². The van der Waals surface area contributed by atoms with Gasteiger partial charge < -0.3 is 10.4 Å². The van der Waals surface area contributed by atoms with Crippen molar-refractivity contribution >= 4 is 17.5 Å². The van der Waals surface area contributed by atoms with Gasteiger partial charge in [-0.1, -0.05) is 38.3 Å². The van der Waals surface area contributed by atoms with Gasteiger partial charge in [-0.3, -0.25) is 4.79 Å². The molecule has 1 amide bonds. The lowest BCUT2D eigenvalue weighted by Gasteiger charge is -2.27. The van der Waals surface area contributed by atoms with Crippen LogP contribution >= 0.6 is 11.6 Å². The normalized spacial score (nSPS) is 11.4. The van der Waals surface area contributed by atoms with E-state index in [-0.39, 0.29) is 17.3 Å². The van der Waals surface area contributed by atoms with Crippen molar-refractivity contribution in [2.45, 2.75) is 45.1 Å². The van der Waals surface area contributed by atoms with E-state index in [2.05, 4.69) is 15.3 Å². The summed E-state index contributed by atoms with van der Waals surface area (Å²) in [6.07, 6.45) is 5.66. The average Bonchev–Trinajstić information content (AvgIpc) is 2.37. The van der Waals surface area contributed by atoms with Crippen LogP contribution in [-0.4, -0.2) is 33.1 Å². The minimum atomic E-state index is -0.862. The summed E-state index contributed by atoms with van der Waals surface area (Å²) < 4.78 is 0. The van der Waals surface area contributed by atoms with E-state index in [1.165, 1.54) is 12.5 Å². The molecule has 0 saturated carbocycles. The van der Waals surface area contributed by atoms with Crippen molar-refractivity contribution in [2.75, 3.05) is 6.54 Å². The van der Waals surface area contributed by atoms with Crippen LogP contribution in [-0.2, 0) is 0 Å². The fourth-order valence-corrected chi connectivity index (χ4v) is 2.23. The van der Waals surface area contributed by atoms with Gasteiger partial charge in [-0.05, 0) is 12.8 Å². The van der Waals surface area contributed by atoms with Crippen LogP contribution in [0.4, 0.5) is 0 Å². The van der Waals surface area contributed by atoms with Gasteiger partial charge in [0, 0.05) is 12.7 Å². The summed E-state index contributed by atoms with van der Waals surface area (Å²) in [6.45, 7) is 4.21. The molecule has 0 aliphatic heterocycles. The zero-order valence-corrected chi connectivity index (χ0v) is 12.1. The Labute approximate surface area is 118 Å². The van der Waals surface area contributed by atoms with E-state index in [0.29, 0.717) is 12.8 Å². The molecule has 19 heavy (non-hydrogen) atoms. The molecule has 0 aromatic carbocycles. The molecule has 0 atom stereocenters. The number of halogens is 1. The van der Waals surface area contributed by atoms with Crippen molar-refractivity contribution in [2.24, 2.45) is 0 Å². The van der Waals surface area contributed by atoms with Gasteiger partial charge in [0.25, 0.3) is 5.91 Å². The fraction of sp³-hybridized carbons (Fsp3) is 0.615. The topological polar surface area (TPSA) is 75.1 Å². The third-order valence-electron chi connectivity index (χ3n) is 2.89. The molecule has 5 nitrogen and oxygen atoms in total. The van der Waals surface area contributed by atoms with Crippen molar-refractivity contribution in [1.29, 1.82) is 0 Å². The van der Waals surface area contributed by atoms with E-state index < -0.39 is 11.5 Å². The van der Waals surface area contributed by atoms with Crippen LogP contribution in [0, 0.1) is 0 Å². The first kappa shape index (κ1) is 15.9. The summed E-state index contributed by atoms with van der Waals surface area (Å²) in [4.78, 5) is 19.5. The van der Waals surface area contributed by atoms with Gasteiger partial charge in [0.1, 0.15) is 12.0 Å². The van der Waals surface area contributed by atoms with Crippen LogP contribution in [0.15, 0.2) is 12.5 Å². The number of aliphatic hydroxyl groups is 1. The number of amides is 1. The Morgan fingerprint density at radius 2 is 2.05 bits per heavy atom. The summed E-state index contributed by atoms with van der Waals surface area (Å²) in [5.74, 6) is -0.391. The Morgan fingerprint density at radius 1 is 1.42 bits per heavy atom. The Kier molecular flexibility index (Phi) is 6.18. The monoisotopic (exact) mass is 285 g/mol. The molecule has 0 radical (unpaired) electrons. The molecule has 0 unspecified atom stereocenters. The molecule has 0 aliphatic rings. The van der Waals surface area contributed by atoms with Crippen LogP contribution in [0.2, 0.25) is 5.02 Å². The number of rotatable bonds is 7. The summed E-state index contributed by atoms with van der Waals surface area (Å²) in [6, 6.07) is 0. The molecule has 0 aliphatic carbocycles. The first-order chi connectivity index (χ1) is 9.02. The number of hydrogen-bond donors (Lipinski definition) is 2. The molecule has 1 rings (SSSR count). The summed E-state index contributed by atoms with van der Waals surface area (Å²) in [5, 5.41) is 13.3. The van der Waals surface area contributed by atoms with Crippen LogP contribution < -0.4 is 5.32 Å². The molecule has 0 fully saturated rings. The van der Waals surface area contributed by atoms with Gasteiger partial charge in [0.2, 0.25) is 0 Å². The van der Waals surface area contributed by atoms with Crippen LogP contribution in [0.5, 0.6) is 0 Å². The highest BCUT2D eigenvalue weighted by atomic mass is 35.5. The van der Waals surface area contributed by atoms with Crippen molar-refractivity contribution in [3.63, 3.8) is 0 Å². The number of aromatic nitrogens is 2. The van der Waals surface area contributed by atoms with E-state index in [0.717, 1.165) is 12.8 Å². The lowest BCUT2D eigenvalue weighted by Crippen LogP contribution is -2.43. The SMILES string of the molecule is CCCC(O)(CCC)CNC(=O)c1ncncc1Cl. The predicted molar refractivity (Wildman–Crippen MR) is 74.1 cm³/mol. The number of carbonyl (C=O) groups excluding carboxylic acids is 1. The number of nitrogens with zero attached hydrogens (tertiary/aromatic N) is 2. The second kappa shape index (κ2) is 7.40. The van der Waals surface area contributed by atoms with Gasteiger partial charge in [-0.15, -0.1) is 0 Å². The van der Waals surface area contributed by atoms with Crippen molar-refractivity contribution in [3.8, 4) is 0 Å². The maximum atomic E-state index is 11.9. The van der Waals surface area contributed by atoms with E-state index in [1.807, 2.05) is 13.8 Å². The summed E-state index contributed by atoms with van der Waals surface area (Å²) >= 11 is 5.84. The highest BCUT2D eigenvalue weighted by Gasteiger charge is 2.26. The maximum absolute atomic E-state index is 11.9. The van der Waals surface area contributed by atoms with Gasteiger partial charge in [-0.2, -0.15) is 0 Å². The van der Waals surface area contributed by atoms with Crippen molar-refractivity contribution < 1.29 is 9.90 Å². The van der Waals surface area contributed by atoms with Crippen molar-refractivity contribution in [1.82, 2.24) is 15.3 Å². The molecule has 1 aromatic heterocycles. The number of hydrogen-bond acceptors (Lipinski definition) is 4. The van der Waals surface area contributed by atoms with E-state index in [1.54, 1.807) is 0 Å². The molecule has 0 spiro atoms. The lowest BCUT2D eigenvalue weighted by atomic mass is 9.92. The van der Waals surface area contributed by atoms with Crippen LogP contribution in [0.1, 0.15) is 50.0 Å². The Balaban J connectivity index is 2.64. The molecular weight excluding hydrogens is 266 g/mol. The standard InChI is InChI=1S/C13H20ClN3O2/c1-3-5-13(19,6-4-2)8-16-12(18)11-10(14)7-15-9-17-11/h7,9,19H,3-6,8H2,1-2H3,(H,16,18). The minimum absolute atomic E-state index is 0.131. The van der Waals surface area contributed by atoms with Gasteiger partial charge in [0.15, 0.2) is 0 Å². The third-order valence-corrected chi connectivity index (χ3v) is 3.17. The molecule has 1 aromatic rings. The van der Waals surface area contributed by atoms with Gasteiger partial charge in [0.05, 0.1) is 10.6 Å². The molecule has 106 valence electrons. The first-order valence-electron chi connectivity index (χ1n) is 6.48. The minimum Gasteiger partial charge on any atom is -0.388 e. The summed E-state index contributed by atoms with van der Waals surface area (Å²) in [5.41, 5.74) is -0.731. The molecule has 6 heteroatoms. The quantitative estimate of drug-likeness (QED) is 0.805. The Hall–Kier alpha value is -1.20. The lowest BCUT2D eigenvalue weighted by molar-refractivity contribution is 0.0212. The molecule has 0 bridgehead atoms. The predicted octanol–water partition coefficient (Wildman–Crippen LogP) is 2.19. The molecule has 0 saturated heterocycles. The fourth-order valence-electron chi connectivity index (χ4n) is 2.04. The summed E-state index contributed by atoms with van der Waals surface area (Å²) in [7, 11) is 0. The number of carbonyl (C=O) groups is 1. The zero-order chi connectivity index (χ0) is 14.3. The zero-order valence-electron chi connectivity index (χ0n) is 11.3. The second-order valence-corrected chi connectivity index (χ2v) is 5.03. The van der Waals surface area contributed by atoms with E-state index in [4.69, 9.17) is 11.6 Å². The van der Waals surface area contributed by atoms with E-state index in [9.17, 15) is 9.90 Å². The van der Waals surface area contributed by atoms with Gasteiger partial charge >= 0.3 is 0 Å². The smallest absolute Gasteiger partial charge is 0.271 e. The van der Waals surface area contributed by atoms with Gasteiger partial charge in [-0.25, -0.2) is 9.97 Å². The van der Waals surface area contributed by atoms with E-state index >= 15 is 0 Å². The average molecular weight is 286 g/mol. The van der Waals surface area contributed by atoms with Crippen molar-refractivity contribution in [3.05, 3.63) is 23.2 Å². The Morgan fingerprint density at radius 3 is 2.58 bits per heavy atom.